The molecule has 0 atom stereocenters. The molecule has 0 radical (unpaired) electrons. The molecular weight excluding hydrogens is 306 g/mol. The fraction of sp³-hybridized carbons (Fsp3) is 0.500. The van der Waals surface area contributed by atoms with Crippen LogP contribution >= 0.6 is 12.2 Å². The third-order valence-electron chi connectivity index (χ3n) is 2.82. The summed E-state index contributed by atoms with van der Waals surface area (Å²) < 4.78 is 27.1. The first-order valence-corrected chi connectivity index (χ1v) is 8.56. The van der Waals surface area contributed by atoms with E-state index in [-0.39, 0.29) is 27.2 Å². The van der Waals surface area contributed by atoms with Crippen molar-refractivity contribution in [1.29, 1.82) is 0 Å². The highest BCUT2D eigenvalue weighted by molar-refractivity contribution is 7.92. The minimum Gasteiger partial charge on any atom is -0.398 e. The molecule has 0 saturated heterocycles. The van der Waals surface area contributed by atoms with E-state index in [1.54, 1.807) is 12.1 Å². The van der Waals surface area contributed by atoms with Crippen LogP contribution in [0.2, 0.25) is 0 Å². The molecule has 21 heavy (non-hydrogen) atoms. The maximum atomic E-state index is 12.4. The Kier molecular flexibility index (Phi) is 5.22. The molecule has 4 N–H and O–H groups in total. The molecule has 7 heteroatoms. The number of thiocarbonyl (C=S) groups is 1. The smallest absolute Gasteiger partial charge is 0.265 e. The lowest BCUT2D eigenvalue weighted by atomic mass is 9.87. The second kappa shape index (κ2) is 6.19. The Bertz CT molecular complexity index is 632. The van der Waals surface area contributed by atoms with E-state index in [4.69, 9.17) is 18.0 Å². The standard InChI is InChI=1S/C14H23N3O2S2/c1-9(2)16-13(20)17-21(18,19)12-8-10(14(3,4)5)6-7-11(12)15/h6-9H,15H2,1-5H3,(H2,16,17,20). The number of anilines is 1. The summed E-state index contributed by atoms with van der Waals surface area (Å²) in [6.07, 6.45) is 0. The van der Waals surface area contributed by atoms with Gasteiger partial charge in [-0.1, -0.05) is 26.8 Å². The molecule has 0 aliphatic carbocycles. The zero-order valence-corrected chi connectivity index (χ0v) is 14.7. The van der Waals surface area contributed by atoms with Crippen LogP contribution in [-0.4, -0.2) is 19.6 Å². The quantitative estimate of drug-likeness (QED) is 0.584. The molecule has 0 bridgehead atoms. The van der Waals surface area contributed by atoms with Gasteiger partial charge in [-0.15, -0.1) is 0 Å². The first-order valence-electron chi connectivity index (χ1n) is 6.67. The van der Waals surface area contributed by atoms with E-state index in [0.717, 1.165) is 5.56 Å². The minimum atomic E-state index is -3.80. The van der Waals surface area contributed by atoms with E-state index >= 15 is 0 Å². The van der Waals surface area contributed by atoms with Gasteiger partial charge < -0.3 is 11.1 Å². The third-order valence-corrected chi connectivity index (χ3v) is 4.57. The highest BCUT2D eigenvalue weighted by Crippen LogP contribution is 2.27. The second-order valence-electron chi connectivity index (χ2n) is 6.24. The van der Waals surface area contributed by atoms with Crippen molar-refractivity contribution in [3.63, 3.8) is 0 Å². The second-order valence-corrected chi connectivity index (χ2v) is 8.30. The van der Waals surface area contributed by atoms with Crippen molar-refractivity contribution < 1.29 is 8.42 Å². The van der Waals surface area contributed by atoms with E-state index in [0.29, 0.717) is 0 Å². The van der Waals surface area contributed by atoms with Crippen molar-refractivity contribution in [2.24, 2.45) is 0 Å². The molecule has 0 aliphatic heterocycles. The van der Waals surface area contributed by atoms with Crippen LogP contribution in [0.3, 0.4) is 0 Å². The van der Waals surface area contributed by atoms with E-state index in [2.05, 4.69) is 10.0 Å². The van der Waals surface area contributed by atoms with Crippen LogP contribution in [0, 0.1) is 0 Å². The summed E-state index contributed by atoms with van der Waals surface area (Å²) in [5, 5.41) is 2.89. The summed E-state index contributed by atoms with van der Waals surface area (Å²) in [6, 6.07) is 5.07. The van der Waals surface area contributed by atoms with Crippen LogP contribution in [-0.2, 0) is 15.4 Å². The Morgan fingerprint density at radius 2 is 1.86 bits per heavy atom. The van der Waals surface area contributed by atoms with Crippen molar-refractivity contribution in [2.45, 2.75) is 51.0 Å². The SMILES string of the molecule is CC(C)NC(=S)NS(=O)(=O)c1cc(C(C)(C)C)ccc1N. The summed E-state index contributed by atoms with van der Waals surface area (Å²) in [4.78, 5) is 0.0443. The van der Waals surface area contributed by atoms with Gasteiger partial charge >= 0.3 is 0 Å². The van der Waals surface area contributed by atoms with Crippen LogP contribution < -0.4 is 15.8 Å². The van der Waals surface area contributed by atoms with Gasteiger partial charge in [0.1, 0.15) is 4.90 Å². The van der Waals surface area contributed by atoms with Gasteiger partial charge in [0.15, 0.2) is 5.11 Å². The van der Waals surface area contributed by atoms with Crippen molar-refractivity contribution in [3.05, 3.63) is 23.8 Å². The van der Waals surface area contributed by atoms with Crippen molar-refractivity contribution in [3.8, 4) is 0 Å². The predicted molar refractivity (Wildman–Crippen MR) is 90.7 cm³/mol. The van der Waals surface area contributed by atoms with Gasteiger partial charge in [0, 0.05) is 6.04 Å². The summed E-state index contributed by atoms with van der Waals surface area (Å²) in [6.45, 7) is 9.76. The zero-order valence-electron chi connectivity index (χ0n) is 13.0. The monoisotopic (exact) mass is 329 g/mol. The molecule has 1 aromatic carbocycles. The lowest BCUT2D eigenvalue weighted by molar-refractivity contribution is 0.582. The molecule has 0 unspecified atom stereocenters. The fourth-order valence-corrected chi connectivity index (χ4v) is 3.34. The number of hydrogen-bond acceptors (Lipinski definition) is 4. The molecule has 118 valence electrons. The average molecular weight is 329 g/mol. The topological polar surface area (TPSA) is 84.2 Å². The highest BCUT2D eigenvalue weighted by Gasteiger charge is 2.22. The first kappa shape index (κ1) is 17.7. The number of hydrogen-bond donors (Lipinski definition) is 3. The van der Waals surface area contributed by atoms with Gasteiger partial charge in [-0.3, -0.25) is 4.72 Å². The number of rotatable bonds is 3. The molecular formula is C14H23N3O2S2. The molecule has 0 heterocycles. The van der Waals surface area contributed by atoms with Gasteiger partial charge in [0.05, 0.1) is 5.69 Å². The van der Waals surface area contributed by atoms with Crippen LogP contribution in [0.1, 0.15) is 40.2 Å². The maximum Gasteiger partial charge on any atom is 0.265 e. The molecule has 0 saturated carbocycles. The largest absolute Gasteiger partial charge is 0.398 e. The Labute approximate surface area is 132 Å². The summed E-state index contributed by atoms with van der Waals surface area (Å²) in [5.74, 6) is 0. The molecule has 1 rings (SSSR count). The van der Waals surface area contributed by atoms with E-state index in [1.165, 1.54) is 0 Å². The number of nitrogen functional groups attached to an aromatic ring is 1. The third kappa shape index (κ3) is 4.86. The molecule has 0 spiro atoms. The van der Waals surface area contributed by atoms with E-state index in [9.17, 15) is 8.42 Å². The van der Waals surface area contributed by atoms with Gasteiger partial charge in [-0.25, -0.2) is 8.42 Å². The number of sulfonamides is 1. The minimum absolute atomic E-state index is 0.0402. The molecule has 5 nitrogen and oxygen atoms in total. The zero-order chi connectivity index (χ0) is 16.4. The Balaban J connectivity index is 3.17. The van der Waals surface area contributed by atoms with Crippen LogP contribution in [0.15, 0.2) is 23.1 Å². The highest BCUT2D eigenvalue weighted by atomic mass is 32.2. The lowest BCUT2D eigenvalue weighted by Crippen LogP contribution is -2.42. The summed E-state index contributed by atoms with van der Waals surface area (Å²) in [5.41, 5.74) is 6.73. The van der Waals surface area contributed by atoms with Crippen LogP contribution in [0.25, 0.3) is 0 Å². The molecule has 1 aromatic rings. The Hall–Kier alpha value is -1.34. The predicted octanol–water partition coefficient (Wildman–Crippen LogP) is 2.13. The molecule has 0 aliphatic rings. The summed E-state index contributed by atoms with van der Waals surface area (Å²) >= 11 is 4.99. The molecule has 0 amide bonds. The first-order chi connectivity index (χ1) is 9.43. The van der Waals surface area contributed by atoms with Crippen LogP contribution in [0.5, 0.6) is 0 Å². The number of nitrogens with one attached hydrogen (secondary N) is 2. The number of benzene rings is 1. The van der Waals surface area contributed by atoms with Crippen molar-refractivity contribution in [1.82, 2.24) is 10.0 Å². The molecule has 0 aromatic heterocycles. The van der Waals surface area contributed by atoms with Gasteiger partial charge in [-0.2, -0.15) is 0 Å². The van der Waals surface area contributed by atoms with Crippen molar-refractivity contribution >= 4 is 33.0 Å². The Morgan fingerprint density at radius 3 is 2.33 bits per heavy atom. The van der Waals surface area contributed by atoms with E-state index < -0.39 is 10.0 Å². The van der Waals surface area contributed by atoms with Crippen LogP contribution in [0.4, 0.5) is 5.69 Å². The number of nitrogens with two attached hydrogens (primary N) is 1. The lowest BCUT2D eigenvalue weighted by Gasteiger charge is -2.21. The normalized spacial score (nSPS) is 12.3. The summed E-state index contributed by atoms with van der Waals surface area (Å²) in [7, 11) is -3.80. The van der Waals surface area contributed by atoms with Gasteiger partial charge in [-0.05, 0) is 49.2 Å². The fourth-order valence-electron chi connectivity index (χ4n) is 1.70. The van der Waals surface area contributed by atoms with E-state index in [1.807, 2.05) is 40.7 Å². The maximum absolute atomic E-state index is 12.4. The molecule has 0 fully saturated rings. The van der Waals surface area contributed by atoms with Gasteiger partial charge in [0.2, 0.25) is 0 Å². The Morgan fingerprint density at radius 1 is 1.29 bits per heavy atom. The van der Waals surface area contributed by atoms with Gasteiger partial charge in [0.25, 0.3) is 10.0 Å². The average Bonchev–Trinajstić information content (AvgIpc) is 2.25. The van der Waals surface area contributed by atoms with Crippen molar-refractivity contribution in [2.75, 3.05) is 5.73 Å².